The number of halogens is 10. The molecule has 4 aromatic heterocycles. The largest absolute Gasteiger partial charge is 0.433 e. The van der Waals surface area contributed by atoms with E-state index in [-0.39, 0.29) is 56.2 Å². The number of carbonyl (C=O) groups excluding carboxylic acids is 2. The third-order valence-corrected chi connectivity index (χ3v) is 9.15. The Morgan fingerprint density at radius 3 is 0.914 bits per heavy atom. The van der Waals surface area contributed by atoms with Crippen LogP contribution in [-0.4, -0.2) is 31.5 Å². The summed E-state index contributed by atoms with van der Waals surface area (Å²) in [6.07, 6.45) is 0. The van der Waals surface area contributed by atoms with Crippen molar-refractivity contribution in [3.05, 3.63) is 130 Å². The lowest BCUT2D eigenvalue weighted by Gasteiger charge is -2.05. The van der Waals surface area contributed by atoms with Crippen molar-refractivity contribution in [2.75, 3.05) is 0 Å². The summed E-state index contributed by atoms with van der Waals surface area (Å²) in [6.45, 7) is 0. The number of oxazole rings is 4. The van der Waals surface area contributed by atoms with Gasteiger partial charge in [0.05, 0.1) is 0 Å². The van der Waals surface area contributed by atoms with Gasteiger partial charge in [0.2, 0.25) is 11.6 Å². The van der Waals surface area contributed by atoms with Gasteiger partial charge in [-0.1, -0.05) is 0 Å². The first-order valence-corrected chi connectivity index (χ1v) is 16.1. The van der Waals surface area contributed by atoms with Gasteiger partial charge in [-0.3, -0.25) is 9.59 Å². The molecule has 6 aromatic carbocycles. The Morgan fingerprint density at radius 1 is 0.345 bits per heavy atom. The molecule has 0 bridgehead atoms. The molecular weight excluding hydrogens is 798 g/mol. The number of rotatable bonds is 5. The normalized spacial score (nSPS) is 12.1. The van der Waals surface area contributed by atoms with Gasteiger partial charge >= 0.3 is 0 Å². The molecule has 0 radical (unpaired) electrons. The molecule has 0 spiro atoms. The van der Waals surface area contributed by atoms with Gasteiger partial charge in [-0.15, -0.1) is 0 Å². The van der Waals surface area contributed by atoms with Gasteiger partial charge in [-0.05, 0) is 70.1 Å². The van der Waals surface area contributed by atoms with Crippen LogP contribution in [0.2, 0.25) is 0 Å². The van der Waals surface area contributed by atoms with Gasteiger partial charge in [-0.25, -0.2) is 63.8 Å². The van der Waals surface area contributed by atoms with Gasteiger partial charge in [0, 0.05) is 0 Å². The highest BCUT2D eigenvalue weighted by Crippen LogP contribution is 2.35. The van der Waals surface area contributed by atoms with Crippen LogP contribution < -0.4 is 0 Å². The van der Waals surface area contributed by atoms with Crippen molar-refractivity contribution >= 4 is 77.5 Å². The number of fused-ring (bicyclic) bond motifs is 6. The van der Waals surface area contributed by atoms with E-state index < -0.39 is 92.6 Å². The van der Waals surface area contributed by atoms with Gasteiger partial charge in [0.15, 0.2) is 68.9 Å². The van der Waals surface area contributed by atoms with Crippen molar-refractivity contribution in [2.45, 2.75) is 0 Å². The molecule has 4 heterocycles. The molecule has 0 unspecified atom stereocenters. The molecule has 0 atom stereocenters. The Labute approximate surface area is 309 Å². The summed E-state index contributed by atoms with van der Waals surface area (Å²) in [6, 6.07) is 11.8. The summed E-state index contributed by atoms with van der Waals surface area (Å²) >= 11 is 0. The summed E-state index contributed by atoms with van der Waals surface area (Å²) in [5.41, 5.74) is -2.60. The quantitative estimate of drug-likeness (QED) is 0.0715. The monoisotopic (exact) mass is 806 g/mol. The zero-order chi connectivity index (χ0) is 40.6. The Balaban J connectivity index is 0.972. The molecule has 10 nitrogen and oxygen atoms in total. The molecule has 0 aliphatic carbocycles. The van der Waals surface area contributed by atoms with Crippen LogP contribution in [0.5, 0.6) is 0 Å². The standard InChI is InChI=1S/C38H8F10N4O6/c39-23-21(24(40)28(44)31(47)27(23)43)33(53)35-49-13-1-9-7-19-15(3-11(9)5-17(13)55-35)51-37(57-19)38-52-16-4-12-6-18-14(2-10(12)8-20(16)58-38)50-36(56-18)34(54)22-25(41)29(45)32(48)30(46)26(22)42/h1-8H. The molecule has 20 heteroatoms. The number of aromatic nitrogens is 4. The molecule has 0 fully saturated rings. The minimum Gasteiger partial charge on any atom is -0.433 e. The van der Waals surface area contributed by atoms with Crippen LogP contribution in [0, 0.1) is 58.2 Å². The zero-order valence-electron chi connectivity index (χ0n) is 27.6. The maximum Gasteiger partial charge on any atom is 0.284 e. The topological polar surface area (TPSA) is 138 Å². The number of ketones is 2. The fraction of sp³-hybridized carbons (Fsp3) is 0. The second kappa shape index (κ2) is 11.9. The summed E-state index contributed by atoms with van der Waals surface area (Å²) in [5, 5.41) is 1.80. The van der Waals surface area contributed by atoms with Crippen molar-refractivity contribution in [3.63, 3.8) is 0 Å². The highest BCUT2D eigenvalue weighted by Gasteiger charge is 2.34. The molecular formula is C38H8F10N4O6. The van der Waals surface area contributed by atoms with Crippen molar-refractivity contribution in [2.24, 2.45) is 0 Å². The van der Waals surface area contributed by atoms with E-state index in [1.165, 1.54) is 36.4 Å². The van der Waals surface area contributed by atoms with Crippen LogP contribution >= 0.6 is 0 Å². The van der Waals surface area contributed by atoms with Crippen molar-refractivity contribution in [3.8, 4) is 11.8 Å². The van der Waals surface area contributed by atoms with E-state index in [1.54, 1.807) is 12.1 Å². The predicted octanol–water partition coefficient (Wildman–Crippen LogP) is 10.1. The zero-order valence-corrected chi connectivity index (χ0v) is 27.6. The lowest BCUT2D eigenvalue weighted by atomic mass is 10.1. The van der Waals surface area contributed by atoms with Crippen LogP contribution in [0.25, 0.3) is 77.7 Å². The molecule has 0 aliphatic heterocycles. The highest BCUT2D eigenvalue weighted by atomic mass is 19.2. The highest BCUT2D eigenvalue weighted by molar-refractivity contribution is 6.10. The molecule has 286 valence electrons. The average Bonchev–Trinajstić information content (AvgIpc) is 4.01. The Bertz CT molecular complexity index is 3110. The first kappa shape index (κ1) is 34.8. The second-order valence-corrected chi connectivity index (χ2v) is 12.6. The fourth-order valence-corrected chi connectivity index (χ4v) is 6.39. The van der Waals surface area contributed by atoms with E-state index in [9.17, 15) is 53.5 Å². The Hall–Kier alpha value is -7.64. The Kier molecular flexibility index (Phi) is 7.16. The van der Waals surface area contributed by atoms with Crippen molar-refractivity contribution in [1.29, 1.82) is 0 Å². The molecule has 0 saturated heterocycles. The van der Waals surface area contributed by atoms with Gasteiger partial charge in [0.1, 0.15) is 33.2 Å². The van der Waals surface area contributed by atoms with Crippen LogP contribution in [0.1, 0.15) is 32.5 Å². The number of hydrogen-bond acceptors (Lipinski definition) is 10. The third-order valence-electron chi connectivity index (χ3n) is 9.15. The fourth-order valence-electron chi connectivity index (χ4n) is 6.39. The van der Waals surface area contributed by atoms with Crippen molar-refractivity contribution in [1.82, 2.24) is 19.9 Å². The molecule has 10 rings (SSSR count). The smallest absolute Gasteiger partial charge is 0.284 e. The number of hydrogen-bond donors (Lipinski definition) is 0. The van der Waals surface area contributed by atoms with Crippen molar-refractivity contribution < 1.29 is 71.2 Å². The molecule has 10 aromatic rings. The average molecular weight is 806 g/mol. The first-order valence-electron chi connectivity index (χ1n) is 16.1. The SMILES string of the molecule is O=C(c1nc2cc3cc4oc(-c5nc6cc7cc8oc(C(=O)c9c(F)c(F)c(F)c(F)c9F)nc8cc7cc6o5)nc4cc3cc2o1)c1c(F)c(F)c(F)c(F)c1F. The van der Waals surface area contributed by atoms with Crippen LogP contribution in [0.3, 0.4) is 0 Å². The Morgan fingerprint density at radius 2 is 0.603 bits per heavy atom. The summed E-state index contributed by atoms with van der Waals surface area (Å²) in [4.78, 5) is 42.2. The molecule has 0 amide bonds. The maximum atomic E-state index is 14.3. The van der Waals surface area contributed by atoms with E-state index in [1.807, 2.05) is 0 Å². The predicted molar refractivity (Wildman–Crippen MR) is 176 cm³/mol. The summed E-state index contributed by atoms with van der Waals surface area (Å²) in [5.74, 6) is -28.8. The van der Waals surface area contributed by atoms with E-state index in [2.05, 4.69) is 19.9 Å². The second-order valence-electron chi connectivity index (χ2n) is 12.6. The van der Waals surface area contributed by atoms with Crippen LogP contribution in [0.4, 0.5) is 43.9 Å². The van der Waals surface area contributed by atoms with Gasteiger partial charge in [0.25, 0.3) is 35.1 Å². The summed E-state index contributed by atoms with van der Waals surface area (Å²) in [7, 11) is 0. The van der Waals surface area contributed by atoms with E-state index >= 15 is 0 Å². The first-order chi connectivity index (χ1) is 27.7. The minimum atomic E-state index is -2.43. The van der Waals surface area contributed by atoms with E-state index in [4.69, 9.17) is 17.7 Å². The van der Waals surface area contributed by atoms with Crippen LogP contribution in [0.15, 0.2) is 66.2 Å². The molecule has 58 heavy (non-hydrogen) atoms. The molecule has 0 N–H and O–H groups in total. The molecule has 0 saturated carbocycles. The lowest BCUT2D eigenvalue weighted by molar-refractivity contribution is 0.0986. The van der Waals surface area contributed by atoms with Gasteiger partial charge in [-0.2, -0.15) is 0 Å². The third kappa shape index (κ3) is 4.93. The minimum absolute atomic E-state index is 0.00355. The number of benzene rings is 6. The molecule has 0 aliphatic rings. The van der Waals surface area contributed by atoms with E-state index in [0.29, 0.717) is 21.5 Å². The lowest BCUT2D eigenvalue weighted by Crippen LogP contribution is -2.13. The van der Waals surface area contributed by atoms with Crippen LogP contribution in [-0.2, 0) is 0 Å². The summed E-state index contributed by atoms with van der Waals surface area (Å²) < 4.78 is 162. The number of nitrogens with zero attached hydrogens (tertiary/aromatic N) is 4. The van der Waals surface area contributed by atoms with Gasteiger partial charge < -0.3 is 17.7 Å². The van der Waals surface area contributed by atoms with E-state index in [0.717, 1.165) is 0 Å². The number of carbonyl (C=O) groups is 2. The maximum absolute atomic E-state index is 14.3.